The van der Waals surface area contributed by atoms with Gasteiger partial charge < -0.3 is 19.9 Å². The van der Waals surface area contributed by atoms with Crippen LogP contribution in [0.1, 0.15) is 15.9 Å². The number of thiophene rings is 1. The van der Waals surface area contributed by atoms with E-state index in [1.54, 1.807) is 11.4 Å². The molecule has 0 unspecified atom stereocenters. The first-order valence-corrected chi connectivity index (χ1v) is 12.1. The third-order valence-electron chi connectivity index (χ3n) is 4.56. The highest BCUT2D eigenvalue weighted by molar-refractivity contribution is 7.94. The number of nitro groups is 1. The minimum atomic E-state index is -3.89. The number of aromatic hydroxyl groups is 1. The van der Waals surface area contributed by atoms with Crippen molar-refractivity contribution >= 4 is 50.3 Å². The Morgan fingerprint density at radius 3 is 2.57 bits per heavy atom. The number of nitrogens with one attached hydrogen (secondary N) is 2. The van der Waals surface area contributed by atoms with Crippen LogP contribution in [0.4, 0.5) is 17.1 Å². The van der Waals surface area contributed by atoms with Crippen molar-refractivity contribution in [2.24, 2.45) is 0 Å². The Morgan fingerprint density at radius 2 is 1.94 bits per heavy atom. The molecule has 1 amide bonds. The van der Waals surface area contributed by atoms with E-state index in [4.69, 9.17) is 9.47 Å². The fourth-order valence-corrected chi connectivity index (χ4v) is 4.94. The maximum Gasteiger partial charge on any atom is 0.342 e. The van der Waals surface area contributed by atoms with Crippen LogP contribution < -0.4 is 14.8 Å². The molecule has 0 saturated heterocycles. The van der Waals surface area contributed by atoms with Crippen molar-refractivity contribution in [2.45, 2.75) is 11.1 Å². The second-order valence-corrected chi connectivity index (χ2v) is 9.85. The van der Waals surface area contributed by atoms with Crippen LogP contribution in [-0.2, 0) is 19.6 Å². The lowest BCUT2D eigenvalue weighted by Gasteiger charge is -2.12. The van der Waals surface area contributed by atoms with E-state index < -0.39 is 39.2 Å². The summed E-state index contributed by atoms with van der Waals surface area (Å²) in [6, 6.07) is 8.90. The normalized spacial score (nSPS) is 10.9. The predicted octanol–water partition coefficient (Wildman–Crippen LogP) is 3.28. The quantitative estimate of drug-likeness (QED) is 0.165. The first kappa shape index (κ1) is 25.5. The Balaban J connectivity index is 1.68. The molecule has 3 aromatic rings. The molecule has 3 rings (SSSR count). The smallest absolute Gasteiger partial charge is 0.342 e. The molecular weight excluding hydrogens is 502 g/mol. The lowest BCUT2D eigenvalue weighted by molar-refractivity contribution is -0.385. The molecule has 0 aliphatic rings. The van der Waals surface area contributed by atoms with E-state index >= 15 is 0 Å². The Kier molecular flexibility index (Phi) is 7.56. The van der Waals surface area contributed by atoms with Crippen LogP contribution in [0.3, 0.4) is 0 Å². The fourth-order valence-electron chi connectivity index (χ4n) is 2.89. The van der Waals surface area contributed by atoms with Gasteiger partial charge in [0.25, 0.3) is 15.9 Å². The van der Waals surface area contributed by atoms with Gasteiger partial charge in [0.2, 0.25) is 0 Å². The van der Waals surface area contributed by atoms with Gasteiger partial charge in [-0.25, -0.2) is 13.2 Å². The molecule has 1 aromatic heterocycles. The summed E-state index contributed by atoms with van der Waals surface area (Å²) in [5, 5.41) is 25.1. The van der Waals surface area contributed by atoms with Gasteiger partial charge in [-0.05, 0) is 42.1 Å². The molecule has 0 spiro atoms. The van der Waals surface area contributed by atoms with E-state index in [0.717, 1.165) is 23.5 Å². The number of amides is 1. The van der Waals surface area contributed by atoms with Crippen molar-refractivity contribution in [3.63, 3.8) is 0 Å². The number of benzene rings is 2. The third-order valence-corrected chi connectivity index (χ3v) is 7.34. The highest BCUT2D eigenvalue weighted by Crippen LogP contribution is 2.32. The van der Waals surface area contributed by atoms with Crippen molar-refractivity contribution in [1.82, 2.24) is 0 Å². The second-order valence-electron chi connectivity index (χ2n) is 6.99. The van der Waals surface area contributed by atoms with E-state index in [1.165, 1.54) is 38.3 Å². The molecule has 184 valence electrons. The molecule has 0 bridgehead atoms. The zero-order valence-electron chi connectivity index (χ0n) is 18.3. The largest absolute Gasteiger partial charge is 0.507 e. The molecule has 3 N–H and O–H groups in total. The number of methoxy groups -OCH3 is 1. The summed E-state index contributed by atoms with van der Waals surface area (Å²) in [6.45, 7) is 0.789. The van der Waals surface area contributed by atoms with Gasteiger partial charge in [-0.1, -0.05) is 6.07 Å². The van der Waals surface area contributed by atoms with Crippen molar-refractivity contribution in [1.29, 1.82) is 0 Å². The van der Waals surface area contributed by atoms with Crippen LogP contribution in [0.25, 0.3) is 0 Å². The number of rotatable bonds is 9. The summed E-state index contributed by atoms with van der Waals surface area (Å²) in [7, 11) is -2.64. The topological polar surface area (TPSA) is 174 Å². The minimum absolute atomic E-state index is 0.00111. The number of phenols is 1. The van der Waals surface area contributed by atoms with Gasteiger partial charge >= 0.3 is 11.7 Å². The number of hydrogen-bond acceptors (Lipinski definition) is 10. The van der Waals surface area contributed by atoms with Crippen molar-refractivity contribution in [3.8, 4) is 11.5 Å². The number of aryl methyl sites for hydroxylation is 1. The second kappa shape index (κ2) is 10.4. The Hall–Kier alpha value is -4.17. The summed E-state index contributed by atoms with van der Waals surface area (Å²) in [4.78, 5) is 35.2. The molecule has 0 radical (unpaired) electrons. The SMILES string of the molecule is COc1cc(NC(=O)COC(=O)c2cc(NS(=O)(=O)c3cccs3)ccc2O)c(C)cc1[N+](=O)[O-]. The number of hydrogen-bond donors (Lipinski definition) is 3. The zero-order chi connectivity index (χ0) is 25.8. The van der Waals surface area contributed by atoms with Gasteiger partial charge in [0, 0.05) is 23.5 Å². The first-order chi connectivity index (χ1) is 16.5. The zero-order valence-corrected chi connectivity index (χ0v) is 19.9. The van der Waals surface area contributed by atoms with E-state index in [9.17, 15) is 33.2 Å². The average Bonchev–Trinajstić information content (AvgIpc) is 3.35. The first-order valence-electron chi connectivity index (χ1n) is 9.71. The molecule has 0 aliphatic carbocycles. The molecule has 0 atom stereocenters. The number of ether oxygens (including phenoxy) is 2. The highest BCUT2D eigenvalue weighted by Gasteiger charge is 2.21. The monoisotopic (exact) mass is 521 g/mol. The highest BCUT2D eigenvalue weighted by atomic mass is 32.2. The predicted molar refractivity (Wildman–Crippen MR) is 127 cm³/mol. The van der Waals surface area contributed by atoms with E-state index in [0.29, 0.717) is 5.56 Å². The summed E-state index contributed by atoms with van der Waals surface area (Å²) >= 11 is 1.00. The average molecular weight is 522 g/mol. The molecule has 0 fully saturated rings. The summed E-state index contributed by atoms with van der Waals surface area (Å²) in [6.07, 6.45) is 0. The minimum Gasteiger partial charge on any atom is -0.507 e. The lowest BCUT2D eigenvalue weighted by Crippen LogP contribution is -2.21. The third kappa shape index (κ3) is 6.04. The Labute approximate surface area is 203 Å². The summed E-state index contributed by atoms with van der Waals surface area (Å²) in [5.74, 6) is -2.38. The number of nitrogens with zero attached hydrogens (tertiary/aromatic N) is 1. The molecule has 12 nitrogen and oxygen atoms in total. The number of carbonyl (C=O) groups is 2. The summed E-state index contributed by atoms with van der Waals surface area (Å²) in [5.41, 5.74) is -0.0556. The molecular formula is C21H19N3O9S2. The van der Waals surface area contributed by atoms with E-state index in [-0.39, 0.29) is 32.6 Å². The summed E-state index contributed by atoms with van der Waals surface area (Å²) < 4.78 is 37.0. The molecule has 1 heterocycles. The number of carbonyl (C=O) groups excluding carboxylic acids is 2. The van der Waals surface area contributed by atoms with Crippen LogP contribution >= 0.6 is 11.3 Å². The van der Waals surface area contributed by atoms with Crippen LogP contribution in [0.2, 0.25) is 0 Å². The standard InChI is InChI=1S/C21H19N3O9S2/c1-12-8-16(24(28)29)18(32-2)10-15(12)22-19(26)11-33-21(27)14-9-13(5-6-17(14)25)23-35(30,31)20-4-3-7-34-20/h3-10,23,25H,11H2,1-2H3,(H,22,26). The van der Waals surface area contributed by atoms with Crippen LogP contribution in [0.15, 0.2) is 52.1 Å². The van der Waals surface area contributed by atoms with Gasteiger partial charge in [0.05, 0.1) is 12.0 Å². The number of phenolic OH excluding ortho intramolecular Hbond substituents is 1. The van der Waals surface area contributed by atoms with Crippen LogP contribution in [0, 0.1) is 17.0 Å². The van der Waals surface area contributed by atoms with Crippen molar-refractivity contribution in [3.05, 3.63) is 69.1 Å². The number of sulfonamides is 1. The lowest BCUT2D eigenvalue weighted by atomic mass is 10.1. The molecule has 0 saturated carbocycles. The van der Waals surface area contributed by atoms with E-state index in [2.05, 4.69) is 10.0 Å². The van der Waals surface area contributed by atoms with Crippen molar-refractivity contribution < 1.29 is 37.5 Å². The Bertz CT molecular complexity index is 1390. The van der Waals surface area contributed by atoms with Crippen LogP contribution in [-0.4, -0.2) is 44.0 Å². The van der Waals surface area contributed by atoms with Gasteiger partial charge in [0.1, 0.15) is 15.5 Å². The fraction of sp³-hybridized carbons (Fsp3) is 0.143. The Morgan fingerprint density at radius 1 is 1.20 bits per heavy atom. The van der Waals surface area contributed by atoms with Crippen molar-refractivity contribution in [2.75, 3.05) is 23.8 Å². The maximum atomic E-state index is 12.4. The van der Waals surface area contributed by atoms with E-state index in [1.807, 2.05) is 0 Å². The van der Waals surface area contributed by atoms with Crippen LogP contribution in [0.5, 0.6) is 11.5 Å². The van der Waals surface area contributed by atoms with Gasteiger partial charge in [-0.15, -0.1) is 11.3 Å². The van der Waals surface area contributed by atoms with Gasteiger partial charge in [0.15, 0.2) is 12.4 Å². The molecule has 2 aromatic carbocycles. The maximum absolute atomic E-state index is 12.4. The molecule has 14 heteroatoms. The number of esters is 1. The van der Waals surface area contributed by atoms with Gasteiger partial charge in [-0.3, -0.25) is 19.6 Å². The molecule has 0 aliphatic heterocycles. The molecule has 35 heavy (non-hydrogen) atoms. The number of nitro benzene ring substituents is 1. The number of anilines is 2. The van der Waals surface area contributed by atoms with Gasteiger partial charge in [-0.2, -0.15) is 0 Å².